The Morgan fingerprint density at radius 1 is 1.40 bits per heavy atom. The van der Waals surface area contributed by atoms with Crippen LogP contribution in [0.1, 0.15) is 25.5 Å². The molecule has 0 saturated carbocycles. The highest BCUT2D eigenvalue weighted by Crippen LogP contribution is 2.15. The van der Waals surface area contributed by atoms with Crippen LogP contribution >= 0.6 is 0 Å². The highest BCUT2D eigenvalue weighted by Gasteiger charge is 2.03. The molecule has 3 nitrogen and oxygen atoms in total. The number of fused-ring (bicyclic) bond motifs is 1. The minimum Gasteiger partial charge on any atom is -0.356 e. The number of aliphatic imine (C=N–C) groups is 1. The lowest BCUT2D eigenvalue weighted by molar-refractivity contribution is 0.455. The van der Waals surface area contributed by atoms with E-state index in [1.807, 2.05) is 24.3 Å². The Balaban J connectivity index is 2.17. The summed E-state index contributed by atoms with van der Waals surface area (Å²) in [4.78, 5) is 4.31. The van der Waals surface area contributed by atoms with Gasteiger partial charge in [0.15, 0.2) is 5.58 Å². The second-order valence-corrected chi connectivity index (χ2v) is 3.45. The van der Waals surface area contributed by atoms with Gasteiger partial charge in [0.2, 0.25) is 0 Å². The quantitative estimate of drug-likeness (QED) is 0.564. The molecule has 1 aromatic carbocycles. The lowest BCUT2D eigenvalue weighted by Gasteiger charge is -1.88. The zero-order valence-electron chi connectivity index (χ0n) is 8.81. The molecule has 1 heterocycles. The van der Waals surface area contributed by atoms with Gasteiger partial charge in [-0.15, -0.1) is 0 Å². The van der Waals surface area contributed by atoms with Crippen LogP contribution < -0.4 is 0 Å². The predicted octanol–water partition coefficient (Wildman–Crippen LogP) is 3.05. The first-order chi connectivity index (χ1) is 7.42. The molecule has 0 amide bonds. The van der Waals surface area contributed by atoms with Crippen LogP contribution in [0.2, 0.25) is 0 Å². The molecule has 78 valence electrons. The van der Waals surface area contributed by atoms with Crippen molar-refractivity contribution in [1.82, 2.24) is 5.16 Å². The maximum Gasteiger partial charge on any atom is 0.167 e. The first kappa shape index (κ1) is 9.90. The van der Waals surface area contributed by atoms with Crippen LogP contribution in [0.15, 0.2) is 33.8 Å². The van der Waals surface area contributed by atoms with E-state index in [9.17, 15) is 0 Å². The highest BCUT2D eigenvalue weighted by molar-refractivity contribution is 5.95. The molecule has 2 rings (SSSR count). The molecule has 0 aliphatic heterocycles. The Morgan fingerprint density at radius 3 is 3.13 bits per heavy atom. The van der Waals surface area contributed by atoms with Gasteiger partial charge in [-0.3, -0.25) is 4.99 Å². The number of hydrogen-bond donors (Lipinski definition) is 0. The van der Waals surface area contributed by atoms with Crippen molar-refractivity contribution in [3.05, 3.63) is 30.0 Å². The molecule has 0 N–H and O–H groups in total. The molecule has 0 aliphatic rings. The summed E-state index contributed by atoms with van der Waals surface area (Å²) < 4.78 is 5.16. The van der Waals surface area contributed by atoms with E-state index in [-0.39, 0.29) is 0 Å². The van der Waals surface area contributed by atoms with Crippen LogP contribution in [0.3, 0.4) is 0 Å². The average Bonchev–Trinajstić information content (AvgIpc) is 2.68. The molecule has 0 unspecified atom stereocenters. The molecule has 0 bridgehead atoms. The third-order valence-electron chi connectivity index (χ3n) is 2.26. The van der Waals surface area contributed by atoms with Crippen molar-refractivity contribution in [2.75, 3.05) is 6.54 Å². The van der Waals surface area contributed by atoms with Crippen molar-refractivity contribution < 1.29 is 4.52 Å². The van der Waals surface area contributed by atoms with E-state index < -0.39 is 0 Å². The van der Waals surface area contributed by atoms with E-state index in [4.69, 9.17) is 4.52 Å². The summed E-state index contributed by atoms with van der Waals surface area (Å²) >= 11 is 0. The van der Waals surface area contributed by atoms with E-state index in [2.05, 4.69) is 17.1 Å². The zero-order chi connectivity index (χ0) is 10.5. The Hall–Kier alpha value is -1.64. The molecule has 0 aliphatic carbocycles. The van der Waals surface area contributed by atoms with Crippen molar-refractivity contribution in [3.8, 4) is 0 Å². The van der Waals surface area contributed by atoms with Crippen LogP contribution in [0.4, 0.5) is 0 Å². The molecule has 0 atom stereocenters. The summed E-state index contributed by atoms with van der Waals surface area (Å²) in [6.07, 6.45) is 4.07. The lowest BCUT2D eigenvalue weighted by Crippen LogP contribution is -1.84. The lowest BCUT2D eigenvalue weighted by atomic mass is 10.2. The van der Waals surface area contributed by atoms with Gasteiger partial charge in [-0.2, -0.15) is 0 Å². The average molecular weight is 202 g/mol. The normalized spacial score (nSPS) is 11.5. The molecular formula is C12H14N2O. The Kier molecular flexibility index (Phi) is 3.12. The number of aromatic nitrogens is 1. The molecule has 3 heteroatoms. The fraction of sp³-hybridized carbons (Fsp3) is 0.333. The second-order valence-electron chi connectivity index (χ2n) is 3.45. The summed E-state index contributed by atoms with van der Waals surface area (Å²) in [6, 6.07) is 7.81. The van der Waals surface area contributed by atoms with Gasteiger partial charge in [0, 0.05) is 6.54 Å². The smallest absolute Gasteiger partial charge is 0.167 e. The van der Waals surface area contributed by atoms with E-state index >= 15 is 0 Å². The molecular weight excluding hydrogens is 188 g/mol. The monoisotopic (exact) mass is 202 g/mol. The van der Waals surface area contributed by atoms with E-state index in [0.717, 1.165) is 36.0 Å². The van der Waals surface area contributed by atoms with Gasteiger partial charge in [0.25, 0.3) is 0 Å². The van der Waals surface area contributed by atoms with Crippen molar-refractivity contribution in [2.45, 2.75) is 19.8 Å². The van der Waals surface area contributed by atoms with Gasteiger partial charge in [0.1, 0.15) is 5.69 Å². The number of nitrogens with zero attached hydrogens (tertiary/aromatic N) is 2. The number of rotatable bonds is 4. The van der Waals surface area contributed by atoms with E-state index in [1.54, 1.807) is 6.21 Å². The maximum absolute atomic E-state index is 5.16. The van der Waals surface area contributed by atoms with Crippen LogP contribution in [0, 0.1) is 0 Å². The van der Waals surface area contributed by atoms with Gasteiger partial charge in [-0.1, -0.05) is 30.6 Å². The molecule has 0 radical (unpaired) electrons. The Bertz CT molecular complexity index is 459. The molecule has 2 aromatic rings. The van der Waals surface area contributed by atoms with Crippen molar-refractivity contribution in [2.24, 2.45) is 4.99 Å². The fourth-order valence-electron chi connectivity index (χ4n) is 1.40. The number of para-hydroxylation sites is 1. The highest BCUT2D eigenvalue weighted by atomic mass is 16.5. The van der Waals surface area contributed by atoms with Gasteiger partial charge >= 0.3 is 0 Å². The van der Waals surface area contributed by atoms with E-state index in [0.29, 0.717) is 0 Å². The topological polar surface area (TPSA) is 38.4 Å². The summed E-state index contributed by atoms with van der Waals surface area (Å²) in [5.41, 5.74) is 1.64. The SMILES string of the molecule is CCCCN=Cc1noc2ccccc12. The largest absolute Gasteiger partial charge is 0.356 e. The molecule has 1 aromatic heterocycles. The fourth-order valence-corrected chi connectivity index (χ4v) is 1.40. The Morgan fingerprint density at radius 2 is 2.27 bits per heavy atom. The molecule has 15 heavy (non-hydrogen) atoms. The van der Waals surface area contributed by atoms with Crippen LogP contribution in [0.25, 0.3) is 11.0 Å². The molecule has 0 spiro atoms. The first-order valence-electron chi connectivity index (χ1n) is 5.26. The minimum atomic E-state index is 0.814. The standard InChI is InChI=1S/C12H14N2O/c1-2-3-8-13-9-11-10-6-4-5-7-12(10)15-14-11/h4-7,9H,2-3,8H2,1H3. The maximum atomic E-state index is 5.16. The Labute approximate surface area is 88.8 Å². The summed E-state index contributed by atoms with van der Waals surface area (Å²) in [5, 5.41) is 4.99. The van der Waals surface area contributed by atoms with Gasteiger partial charge in [0.05, 0.1) is 11.6 Å². The summed E-state index contributed by atoms with van der Waals surface area (Å²) in [7, 11) is 0. The minimum absolute atomic E-state index is 0.814. The number of benzene rings is 1. The predicted molar refractivity (Wildman–Crippen MR) is 61.4 cm³/mol. The third-order valence-corrected chi connectivity index (χ3v) is 2.26. The van der Waals surface area contributed by atoms with Crippen LogP contribution in [0.5, 0.6) is 0 Å². The van der Waals surface area contributed by atoms with Gasteiger partial charge < -0.3 is 4.52 Å². The van der Waals surface area contributed by atoms with Gasteiger partial charge in [-0.05, 0) is 18.6 Å². The van der Waals surface area contributed by atoms with Crippen molar-refractivity contribution >= 4 is 17.2 Å². The zero-order valence-corrected chi connectivity index (χ0v) is 8.81. The van der Waals surface area contributed by atoms with Crippen molar-refractivity contribution in [3.63, 3.8) is 0 Å². The second kappa shape index (κ2) is 4.73. The van der Waals surface area contributed by atoms with Crippen molar-refractivity contribution in [1.29, 1.82) is 0 Å². The molecule has 0 fully saturated rings. The van der Waals surface area contributed by atoms with Crippen LogP contribution in [-0.2, 0) is 0 Å². The van der Waals surface area contributed by atoms with Gasteiger partial charge in [-0.25, -0.2) is 0 Å². The number of unbranched alkanes of at least 4 members (excludes halogenated alkanes) is 1. The first-order valence-corrected chi connectivity index (χ1v) is 5.26. The third kappa shape index (κ3) is 2.24. The summed E-state index contributed by atoms with van der Waals surface area (Å²) in [5.74, 6) is 0. The molecule has 0 saturated heterocycles. The van der Waals surface area contributed by atoms with Crippen LogP contribution in [-0.4, -0.2) is 17.9 Å². The number of hydrogen-bond acceptors (Lipinski definition) is 3. The van der Waals surface area contributed by atoms with E-state index in [1.165, 1.54) is 0 Å². The summed E-state index contributed by atoms with van der Waals surface area (Å²) in [6.45, 7) is 3.01.